The second-order valence-electron chi connectivity index (χ2n) is 4.68. The normalized spacial score (nSPS) is 26.0. The van der Waals surface area contributed by atoms with Gasteiger partial charge in [0.25, 0.3) is 0 Å². The predicted molar refractivity (Wildman–Crippen MR) is 68.0 cm³/mol. The van der Waals surface area contributed by atoms with Gasteiger partial charge in [0.15, 0.2) is 0 Å². The summed E-state index contributed by atoms with van der Waals surface area (Å²) >= 11 is 0. The Morgan fingerprint density at radius 2 is 2.28 bits per heavy atom. The molecule has 1 aromatic rings. The Bertz CT molecular complexity index is 467. The molecule has 4 heteroatoms. The van der Waals surface area contributed by atoms with Gasteiger partial charge in [0.2, 0.25) is 0 Å². The zero-order chi connectivity index (χ0) is 13.1. The van der Waals surface area contributed by atoms with Gasteiger partial charge in [0.05, 0.1) is 17.7 Å². The fourth-order valence-corrected chi connectivity index (χ4v) is 2.27. The summed E-state index contributed by atoms with van der Waals surface area (Å²) in [6, 6.07) is 6.75. The number of aliphatic hydroxyl groups is 1. The van der Waals surface area contributed by atoms with Crippen LogP contribution in [0.2, 0.25) is 0 Å². The van der Waals surface area contributed by atoms with Crippen LogP contribution in [0.3, 0.4) is 0 Å². The number of fused-ring (bicyclic) bond motifs is 1. The first-order valence-corrected chi connectivity index (χ1v) is 6.31. The zero-order valence-electron chi connectivity index (χ0n) is 10.5. The van der Waals surface area contributed by atoms with E-state index in [-0.39, 0.29) is 6.10 Å². The van der Waals surface area contributed by atoms with Crippen LogP contribution in [-0.4, -0.2) is 17.3 Å². The predicted octanol–water partition coefficient (Wildman–Crippen LogP) is 1.87. The number of nitriles is 1. The summed E-state index contributed by atoms with van der Waals surface area (Å²) in [6.07, 6.45) is 1.89. The quantitative estimate of drug-likeness (QED) is 0.853. The average molecular weight is 246 g/mol. The molecule has 3 atom stereocenters. The number of benzene rings is 1. The molecule has 0 radical (unpaired) electrons. The summed E-state index contributed by atoms with van der Waals surface area (Å²) in [4.78, 5) is 0. The lowest BCUT2D eigenvalue weighted by Crippen LogP contribution is -2.44. The van der Waals surface area contributed by atoms with Crippen molar-refractivity contribution < 1.29 is 9.84 Å². The van der Waals surface area contributed by atoms with Crippen LogP contribution in [0.15, 0.2) is 18.2 Å². The highest BCUT2D eigenvalue weighted by atomic mass is 16.5. The Hall–Kier alpha value is -1.57. The summed E-state index contributed by atoms with van der Waals surface area (Å²) in [6.45, 7) is 2.10. The lowest BCUT2D eigenvalue weighted by molar-refractivity contribution is -0.00280. The van der Waals surface area contributed by atoms with E-state index in [1.165, 1.54) is 0 Å². The Morgan fingerprint density at radius 1 is 1.50 bits per heavy atom. The minimum atomic E-state index is -0.710. The molecule has 1 heterocycles. The molecule has 0 aliphatic carbocycles. The van der Waals surface area contributed by atoms with E-state index in [1.54, 1.807) is 18.2 Å². The van der Waals surface area contributed by atoms with E-state index in [0.29, 0.717) is 16.9 Å². The third kappa shape index (κ3) is 2.33. The molecular formula is C14H18N2O2. The van der Waals surface area contributed by atoms with Crippen molar-refractivity contribution in [2.24, 2.45) is 5.73 Å². The Labute approximate surface area is 107 Å². The molecule has 18 heavy (non-hydrogen) atoms. The van der Waals surface area contributed by atoms with Crippen molar-refractivity contribution >= 4 is 0 Å². The number of rotatable bonds is 3. The highest BCUT2D eigenvalue weighted by Crippen LogP contribution is 2.35. The number of hydrogen-bond donors (Lipinski definition) is 2. The average Bonchev–Trinajstić information content (AvgIpc) is 2.41. The third-order valence-corrected chi connectivity index (χ3v) is 3.37. The van der Waals surface area contributed by atoms with E-state index in [4.69, 9.17) is 15.7 Å². The maximum atomic E-state index is 10.1. The Kier molecular flexibility index (Phi) is 3.85. The Balaban J connectivity index is 2.26. The largest absolute Gasteiger partial charge is 0.487 e. The summed E-state index contributed by atoms with van der Waals surface area (Å²) in [5, 5.41) is 19.0. The number of unbranched alkanes of at least 4 members (excludes halogenated alkanes) is 1. The standard InChI is InChI=1S/C14H18N2O2/c1-2-3-4-12-14(17)13(16)10-7-9(8-15)5-6-11(10)18-12/h5-7,12-14,17H,2-4,16H2,1H3/t12-,13?,14-/m0/s1. The molecule has 0 saturated carbocycles. The third-order valence-electron chi connectivity index (χ3n) is 3.37. The molecule has 1 aromatic carbocycles. The first kappa shape index (κ1) is 12.9. The molecule has 0 bridgehead atoms. The van der Waals surface area contributed by atoms with Crippen molar-refractivity contribution in [3.8, 4) is 11.8 Å². The summed E-state index contributed by atoms with van der Waals surface area (Å²) in [7, 11) is 0. The number of hydrogen-bond acceptors (Lipinski definition) is 4. The van der Waals surface area contributed by atoms with Gasteiger partial charge in [0.1, 0.15) is 18.0 Å². The van der Waals surface area contributed by atoms with E-state index in [0.717, 1.165) is 19.3 Å². The van der Waals surface area contributed by atoms with Crippen LogP contribution in [0.25, 0.3) is 0 Å². The van der Waals surface area contributed by atoms with Crippen LogP contribution in [0.5, 0.6) is 5.75 Å². The second kappa shape index (κ2) is 5.38. The van der Waals surface area contributed by atoms with Gasteiger partial charge in [-0.15, -0.1) is 0 Å². The molecule has 0 spiro atoms. The minimum Gasteiger partial charge on any atom is -0.487 e. The SMILES string of the molecule is CCCC[C@@H]1Oc2ccc(C#N)cc2C(N)[C@H]1O. The van der Waals surface area contributed by atoms with Gasteiger partial charge < -0.3 is 15.6 Å². The van der Waals surface area contributed by atoms with Crippen molar-refractivity contribution in [2.45, 2.75) is 44.4 Å². The number of nitrogens with two attached hydrogens (primary N) is 1. The monoisotopic (exact) mass is 246 g/mol. The molecule has 0 fully saturated rings. The first-order chi connectivity index (χ1) is 8.67. The van der Waals surface area contributed by atoms with Crippen molar-refractivity contribution in [1.82, 2.24) is 0 Å². The zero-order valence-corrected chi connectivity index (χ0v) is 10.5. The second-order valence-corrected chi connectivity index (χ2v) is 4.68. The van der Waals surface area contributed by atoms with Crippen molar-refractivity contribution in [3.63, 3.8) is 0 Å². The van der Waals surface area contributed by atoms with E-state index in [9.17, 15) is 5.11 Å². The molecule has 0 amide bonds. The van der Waals surface area contributed by atoms with Gasteiger partial charge in [0, 0.05) is 5.56 Å². The van der Waals surface area contributed by atoms with E-state index >= 15 is 0 Å². The molecule has 0 saturated heterocycles. The van der Waals surface area contributed by atoms with Gasteiger partial charge >= 0.3 is 0 Å². The van der Waals surface area contributed by atoms with Crippen molar-refractivity contribution in [3.05, 3.63) is 29.3 Å². The number of aliphatic hydroxyl groups excluding tert-OH is 1. The summed E-state index contributed by atoms with van der Waals surface area (Å²) in [5.41, 5.74) is 7.29. The number of nitrogens with zero attached hydrogens (tertiary/aromatic N) is 1. The minimum absolute atomic E-state index is 0.250. The molecule has 0 aromatic heterocycles. The molecule has 2 rings (SSSR count). The smallest absolute Gasteiger partial charge is 0.126 e. The first-order valence-electron chi connectivity index (χ1n) is 6.31. The maximum absolute atomic E-state index is 10.1. The molecule has 1 unspecified atom stereocenters. The molecule has 1 aliphatic heterocycles. The molecule has 3 N–H and O–H groups in total. The Morgan fingerprint density at radius 3 is 2.94 bits per heavy atom. The van der Waals surface area contributed by atoms with Crippen molar-refractivity contribution in [2.75, 3.05) is 0 Å². The topological polar surface area (TPSA) is 79.3 Å². The van der Waals surface area contributed by atoms with Crippen LogP contribution >= 0.6 is 0 Å². The highest BCUT2D eigenvalue weighted by Gasteiger charge is 2.34. The molecule has 1 aliphatic rings. The van der Waals surface area contributed by atoms with Crippen LogP contribution in [0.1, 0.15) is 43.4 Å². The lowest BCUT2D eigenvalue weighted by Gasteiger charge is -2.35. The van der Waals surface area contributed by atoms with Crippen LogP contribution < -0.4 is 10.5 Å². The highest BCUT2D eigenvalue weighted by molar-refractivity contribution is 5.45. The van der Waals surface area contributed by atoms with Gasteiger partial charge in [-0.05, 0) is 31.0 Å². The van der Waals surface area contributed by atoms with E-state index in [2.05, 4.69) is 13.0 Å². The number of ether oxygens (including phenoxy) is 1. The lowest BCUT2D eigenvalue weighted by atomic mass is 9.91. The van der Waals surface area contributed by atoms with Gasteiger partial charge in [-0.2, -0.15) is 5.26 Å². The van der Waals surface area contributed by atoms with Gasteiger partial charge in [-0.25, -0.2) is 0 Å². The van der Waals surface area contributed by atoms with E-state index in [1.807, 2.05) is 0 Å². The maximum Gasteiger partial charge on any atom is 0.126 e. The van der Waals surface area contributed by atoms with Gasteiger partial charge in [-0.1, -0.05) is 13.3 Å². The fraction of sp³-hybridized carbons (Fsp3) is 0.500. The van der Waals surface area contributed by atoms with E-state index < -0.39 is 12.1 Å². The fourth-order valence-electron chi connectivity index (χ4n) is 2.27. The summed E-state index contributed by atoms with van der Waals surface area (Å²) < 4.78 is 5.78. The van der Waals surface area contributed by atoms with Gasteiger partial charge in [-0.3, -0.25) is 0 Å². The molecule has 4 nitrogen and oxygen atoms in total. The summed E-state index contributed by atoms with van der Waals surface area (Å²) in [5.74, 6) is 0.688. The van der Waals surface area contributed by atoms with Crippen LogP contribution in [0, 0.1) is 11.3 Å². The molecule has 96 valence electrons. The van der Waals surface area contributed by atoms with Crippen LogP contribution in [-0.2, 0) is 0 Å². The molecular weight excluding hydrogens is 228 g/mol. The van der Waals surface area contributed by atoms with Crippen molar-refractivity contribution in [1.29, 1.82) is 5.26 Å². The van der Waals surface area contributed by atoms with Crippen LogP contribution in [0.4, 0.5) is 0 Å².